The Bertz CT molecular complexity index is 341. The largest absolute Gasteiger partial charge is 0.480 e. The number of hydrogen-bond donors (Lipinski definition) is 1. The Kier molecular flexibility index (Phi) is 3.02. The van der Waals surface area contributed by atoms with Gasteiger partial charge in [-0.1, -0.05) is 0 Å². The minimum absolute atomic E-state index is 0.0996. The zero-order valence-corrected chi connectivity index (χ0v) is 10.5. The van der Waals surface area contributed by atoms with Crippen molar-refractivity contribution in [2.45, 2.75) is 51.1 Å². The van der Waals surface area contributed by atoms with Crippen LogP contribution in [0.3, 0.4) is 0 Å². The zero-order valence-electron chi connectivity index (χ0n) is 10.5. The van der Waals surface area contributed by atoms with Crippen molar-refractivity contribution in [2.24, 2.45) is 0 Å². The lowest BCUT2D eigenvalue weighted by Gasteiger charge is -2.36. The van der Waals surface area contributed by atoms with E-state index in [4.69, 9.17) is 5.11 Å². The maximum Gasteiger partial charge on any atom is 0.326 e. The monoisotopic (exact) mass is 240 g/mol. The number of hydrogen-bond acceptors (Lipinski definition) is 2. The van der Waals surface area contributed by atoms with E-state index < -0.39 is 12.0 Å². The summed E-state index contributed by atoms with van der Waals surface area (Å²) in [6, 6.07) is -0.726. The van der Waals surface area contributed by atoms with Crippen LogP contribution < -0.4 is 0 Å². The predicted octanol–water partition coefficient (Wildman–Crippen LogP) is 1.53. The van der Waals surface area contributed by atoms with Gasteiger partial charge >= 0.3 is 12.0 Å². The third-order valence-corrected chi connectivity index (χ3v) is 3.92. The smallest absolute Gasteiger partial charge is 0.326 e. The van der Waals surface area contributed by atoms with Gasteiger partial charge in [-0.25, -0.2) is 9.59 Å². The van der Waals surface area contributed by atoms with Crippen LogP contribution in [0.5, 0.6) is 0 Å². The Labute approximate surface area is 101 Å². The van der Waals surface area contributed by atoms with Crippen molar-refractivity contribution in [2.75, 3.05) is 13.1 Å². The molecule has 0 saturated carbocycles. The lowest BCUT2D eigenvalue weighted by molar-refractivity contribution is -0.141. The second-order valence-corrected chi connectivity index (χ2v) is 5.54. The van der Waals surface area contributed by atoms with E-state index in [0.29, 0.717) is 13.0 Å². The van der Waals surface area contributed by atoms with Gasteiger partial charge in [0.1, 0.15) is 6.04 Å². The van der Waals surface area contributed by atoms with Gasteiger partial charge in [-0.15, -0.1) is 0 Å². The third kappa shape index (κ3) is 2.10. The average molecular weight is 240 g/mol. The van der Waals surface area contributed by atoms with Crippen LogP contribution in [0.4, 0.5) is 4.79 Å². The number of rotatable bonds is 1. The van der Waals surface area contributed by atoms with Gasteiger partial charge in [-0.2, -0.15) is 0 Å². The van der Waals surface area contributed by atoms with Gasteiger partial charge in [0.15, 0.2) is 0 Å². The number of carbonyl (C=O) groups excluding carboxylic acids is 1. The van der Waals surface area contributed by atoms with Crippen molar-refractivity contribution >= 4 is 12.0 Å². The molecule has 0 aromatic heterocycles. The Morgan fingerprint density at radius 1 is 1.24 bits per heavy atom. The minimum Gasteiger partial charge on any atom is -0.480 e. The van der Waals surface area contributed by atoms with Crippen LogP contribution in [-0.2, 0) is 4.79 Å². The lowest BCUT2D eigenvalue weighted by atomic mass is 10.0. The van der Waals surface area contributed by atoms with Crippen LogP contribution in [0, 0.1) is 0 Å². The fourth-order valence-electron chi connectivity index (χ4n) is 2.87. The fourth-order valence-corrected chi connectivity index (χ4v) is 2.87. The molecule has 5 nitrogen and oxygen atoms in total. The molecule has 2 saturated heterocycles. The molecule has 2 rings (SSSR count). The molecule has 2 aliphatic rings. The Balaban J connectivity index is 2.12. The fraction of sp³-hybridized carbons (Fsp3) is 0.833. The first kappa shape index (κ1) is 12.2. The van der Waals surface area contributed by atoms with Gasteiger partial charge in [-0.3, -0.25) is 0 Å². The first-order valence-electron chi connectivity index (χ1n) is 6.24. The quantitative estimate of drug-likeness (QED) is 0.756. The molecular weight excluding hydrogens is 220 g/mol. The summed E-state index contributed by atoms with van der Waals surface area (Å²) < 4.78 is 0. The maximum atomic E-state index is 12.4. The maximum absolute atomic E-state index is 12.4. The molecule has 0 unspecified atom stereocenters. The number of carbonyl (C=O) groups is 2. The normalized spacial score (nSPS) is 27.5. The highest BCUT2D eigenvalue weighted by Gasteiger charge is 2.42. The molecule has 2 heterocycles. The van der Waals surface area contributed by atoms with Gasteiger partial charge in [0.2, 0.25) is 0 Å². The van der Waals surface area contributed by atoms with Crippen molar-refractivity contribution in [1.29, 1.82) is 0 Å². The molecule has 96 valence electrons. The number of nitrogens with zero attached hydrogens (tertiary/aromatic N) is 2. The van der Waals surface area contributed by atoms with Crippen LogP contribution in [0.1, 0.15) is 39.5 Å². The summed E-state index contributed by atoms with van der Waals surface area (Å²) in [5, 5.41) is 9.09. The van der Waals surface area contributed by atoms with Crippen molar-refractivity contribution in [3.05, 3.63) is 0 Å². The van der Waals surface area contributed by atoms with E-state index in [9.17, 15) is 9.59 Å². The molecule has 0 bridgehead atoms. The Morgan fingerprint density at radius 3 is 2.47 bits per heavy atom. The highest BCUT2D eigenvalue weighted by atomic mass is 16.4. The molecular formula is C12H20N2O3. The van der Waals surface area contributed by atoms with Crippen LogP contribution in [-0.4, -0.2) is 51.6 Å². The summed E-state index contributed by atoms with van der Waals surface area (Å²) in [6.45, 7) is 5.41. The van der Waals surface area contributed by atoms with E-state index in [1.54, 1.807) is 0 Å². The molecule has 1 atom stereocenters. The van der Waals surface area contributed by atoms with Gasteiger partial charge in [0.25, 0.3) is 0 Å². The molecule has 2 aliphatic heterocycles. The highest BCUT2D eigenvalue weighted by molar-refractivity contribution is 5.83. The van der Waals surface area contributed by atoms with Gasteiger partial charge in [-0.05, 0) is 39.5 Å². The van der Waals surface area contributed by atoms with Crippen molar-refractivity contribution in [3.63, 3.8) is 0 Å². The standard InChI is InChI=1S/C12H20N2O3/c1-12(2)6-4-8-14(12)11(17)13-7-3-5-9(13)10(15)16/h9H,3-8H2,1-2H3,(H,15,16)/t9-/m1/s1. The van der Waals surface area contributed by atoms with Crippen LogP contribution in [0.15, 0.2) is 0 Å². The topological polar surface area (TPSA) is 60.9 Å². The first-order chi connectivity index (χ1) is 7.93. The van der Waals surface area contributed by atoms with E-state index >= 15 is 0 Å². The van der Waals surface area contributed by atoms with E-state index in [0.717, 1.165) is 25.8 Å². The predicted molar refractivity (Wildman–Crippen MR) is 62.8 cm³/mol. The SMILES string of the molecule is CC1(C)CCCN1C(=O)N1CCC[C@@H]1C(=O)O. The number of aliphatic carboxylic acids is 1. The number of amides is 2. The lowest BCUT2D eigenvalue weighted by Crippen LogP contribution is -2.52. The molecule has 17 heavy (non-hydrogen) atoms. The summed E-state index contributed by atoms with van der Waals surface area (Å²) in [5.74, 6) is -0.882. The van der Waals surface area contributed by atoms with Crippen molar-refractivity contribution < 1.29 is 14.7 Å². The average Bonchev–Trinajstić information content (AvgIpc) is 2.82. The second-order valence-electron chi connectivity index (χ2n) is 5.54. The molecule has 0 radical (unpaired) electrons. The summed E-state index contributed by atoms with van der Waals surface area (Å²) in [7, 11) is 0. The van der Waals surface area contributed by atoms with E-state index in [2.05, 4.69) is 0 Å². The molecule has 0 spiro atoms. The van der Waals surface area contributed by atoms with Gasteiger partial charge in [0.05, 0.1) is 0 Å². The number of carboxylic acids is 1. The minimum atomic E-state index is -0.882. The second kappa shape index (κ2) is 4.20. The van der Waals surface area contributed by atoms with Crippen molar-refractivity contribution in [3.8, 4) is 0 Å². The van der Waals surface area contributed by atoms with Crippen molar-refractivity contribution in [1.82, 2.24) is 9.80 Å². The van der Waals surface area contributed by atoms with E-state index in [-0.39, 0.29) is 11.6 Å². The van der Waals surface area contributed by atoms with Gasteiger partial charge in [0, 0.05) is 18.6 Å². The zero-order chi connectivity index (χ0) is 12.6. The summed E-state index contributed by atoms with van der Waals surface area (Å²) >= 11 is 0. The third-order valence-electron chi connectivity index (χ3n) is 3.92. The molecule has 2 amide bonds. The number of urea groups is 1. The summed E-state index contributed by atoms with van der Waals surface area (Å²) in [6.07, 6.45) is 3.36. The molecule has 1 N–H and O–H groups in total. The molecule has 0 aromatic carbocycles. The van der Waals surface area contributed by atoms with E-state index in [1.165, 1.54) is 4.90 Å². The van der Waals surface area contributed by atoms with Crippen LogP contribution in [0.2, 0.25) is 0 Å². The highest BCUT2D eigenvalue weighted by Crippen LogP contribution is 2.31. The molecule has 5 heteroatoms. The van der Waals surface area contributed by atoms with Crippen LogP contribution >= 0.6 is 0 Å². The molecule has 2 fully saturated rings. The van der Waals surface area contributed by atoms with Crippen LogP contribution in [0.25, 0.3) is 0 Å². The number of likely N-dealkylation sites (tertiary alicyclic amines) is 2. The Hall–Kier alpha value is -1.26. The van der Waals surface area contributed by atoms with E-state index in [1.807, 2.05) is 18.7 Å². The summed E-state index contributed by atoms with van der Waals surface area (Å²) in [5.41, 5.74) is -0.136. The van der Waals surface area contributed by atoms with Gasteiger partial charge < -0.3 is 14.9 Å². The Morgan fingerprint density at radius 2 is 1.94 bits per heavy atom. The molecule has 0 aromatic rings. The first-order valence-corrected chi connectivity index (χ1v) is 6.24. The number of carboxylic acid groups (broad SMARTS) is 1. The molecule has 0 aliphatic carbocycles. The summed E-state index contributed by atoms with van der Waals surface area (Å²) in [4.78, 5) is 26.8.